The van der Waals surface area contributed by atoms with Crippen LogP contribution in [0.4, 0.5) is 21.0 Å². The molecule has 3 amide bonds. The van der Waals surface area contributed by atoms with Crippen LogP contribution in [-0.4, -0.2) is 85.9 Å². The van der Waals surface area contributed by atoms with Crippen molar-refractivity contribution in [2.45, 2.75) is 32.4 Å². The van der Waals surface area contributed by atoms with Gasteiger partial charge >= 0.3 is 12.1 Å². The maximum Gasteiger partial charge on any atom is 0.410 e. The zero-order chi connectivity index (χ0) is 29.4. The number of ether oxygens (including phenoxy) is 2. The second-order valence-electron chi connectivity index (χ2n) is 11.6. The highest BCUT2D eigenvalue weighted by molar-refractivity contribution is 6.22. The number of carbonyl (C=O) groups excluding carboxylic acids is 3. The number of azo groups is 1. The zero-order valence-corrected chi connectivity index (χ0v) is 24.1. The summed E-state index contributed by atoms with van der Waals surface area (Å²) in [5, 5.41) is 13.5. The summed E-state index contributed by atoms with van der Waals surface area (Å²) in [6.07, 6.45) is -0.287. The Hall–Kier alpha value is -4.29. The summed E-state index contributed by atoms with van der Waals surface area (Å²) in [6, 6.07) is 12.4. The van der Waals surface area contributed by atoms with E-state index in [4.69, 9.17) is 9.47 Å². The molecular formula is C30H35N7O5. The Morgan fingerprint density at radius 1 is 0.976 bits per heavy atom. The summed E-state index contributed by atoms with van der Waals surface area (Å²) >= 11 is 0. The van der Waals surface area contributed by atoms with Gasteiger partial charge in [0.15, 0.2) is 5.78 Å². The molecular weight excluding hydrogens is 538 g/mol. The van der Waals surface area contributed by atoms with Gasteiger partial charge in [-0.3, -0.25) is 10.2 Å². The lowest BCUT2D eigenvalue weighted by Crippen LogP contribution is -2.50. The standard InChI is InChI=1S/C30H35N7O5/c1-30(2,3)42-29(40)36-13-11-35(12-14-36)20-9-7-19(8-10-20)25-24-26(33-32-25)21-5-4-6-22(23(21)27(24)38)31-28(39)34-37-15-17-41-18-16-37/h4-10,26H,11-18H2,1-3H3,(H2,31,34,39). The first kappa shape index (κ1) is 27.9. The highest BCUT2D eigenvalue weighted by Crippen LogP contribution is 2.49. The zero-order valence-electron chi connectivity index (χ0n) is 24.1. The van der Waals surface area contributed by atoms with Gasteiger partial charge in [-0.2, -0.15) is 10.2 Å². The van der Waals surface area contributed by atoms with Crippen molar-refractivity contribution in [1.82, 2.24) is 15.3 Å². The number of ketones is 1. The highest BCUT2D eigenvalue weighted by Gasteiger charge is 2.42. The fourth-order valence-corrected chi connectivity index (χ4v) is 5.58. The number of benzene rings is 2. The van der Waals surface area contributed by atoms with Gasteiger partial charge in [-0.25, -0.2) is 14.6 Å². The molecule has 1 aliphatic carbocycles. The molecule has 12 nitrogen and oxygen atoms in total. The number of hydrogen-bond acceptors (Lipinski definition) is 9. The molecule has 2 fully saturated rings. The van der Waals surface area contributed by atoms with E-state index in [1.165, 1.54) is 0 Å². The number of hydrogen-bond donors (Lipinski definition) is 2. The van der Waals surface area contributed by atoms with E-state index in [9.17, 15) is 14.4 Å². The van der Waals surface area contributed by atoms with Gasteiger partial charge in [0.2, 0.25) is 0 Å². The first-order valence-corrected chi connectivity index (χ1v) is 14.2. The minimum atomic E-state index is -0.520. The minimum Gasteiger partial charge on any atom is -0.444 e. The summed E-state index contributed by atoms with van der Waals surface area (Å²) in [6.45, 7) is 10.4. The molecule has 3 heterocycles. The Kier molecular flexibility index (Phi) is 7.42. The maximum absolute atomic E-state index is 13.7. The molecule has 0 spiro atoms. The quantitative estimate of drug-likeness (QED) is 0.560. The number of rotatable bonds is 4. The van der Waals surface area contributed by atoms with E-state index in [2.05, 4.69) is 25.9 Å². The lowest BCUT2D eigenvalue weighted by molar-refractivity contribution is 0.0207. The summed E-state index contributed by atoms with van der Waals surface area (Å²) in [7, 11) is 0. The predicted molar refractivity (Wildman–Crippen MR) is 156 cm³/mol. The van der Waals surface area contributed by atoms with Crippen molar-refractivity contribution in [3.63, 3.8) is 0 Å². The van der Waals surface area contributed by atoms with Crippen molar-refractivity contribution in [3.8, 4) is 0 Å². The molecule has 4 aliphatic rings. The van der Waals surface area contributed by atoms with Gasteiger partial charge in [-0.15, -0.1) is 0 Å². The van der Waals surface area contributed by atoms with Crippen LogP contribution in [0.5, 0.6) is 0 Å². The normalized spacial score (nSPS) is 20.5. The first-order chi connectivity index (χ1) is 20.2. The van der Waals surface area contributed by atoms with Crippen molar-refractivity contribution in [1.29, 1.82) is 0 Å². The van der Waals surface area contributed by atoms with Crippen LogP contribution in [0.3, 0.4) is 0 Å². The molecule has 12 heteroatoms. The van der Waals surface area contributed by atoms with Gasteiger partial charge in [-0.1, -0.05) is 24.3 Å². The highest BCUT2D eigenvalue weighted by atomic mass is 16.6. The van der Waals surface area contributed by atoms with E-state index in [-0.39, 0.29) is 11.9 Å². The van der Waals surface area contributed by atoms with Crippen LogP contribution in [0, 0.1) is 0 Å². The van der Waals surface area contributed by atoms with Crippen molar-refractivity contribution in [2.24, 2.45) is 10.2 Å². The minimum absolute atomic E-state index is 0.181. The molecule has 3 aliphatic heterocycles. The van der Waals surface area contributed by atoms with Gasteiger partial charge in [0.1, 0.15) is 17.3 Å². The van der Waals surface area contributed by atoms with Crippen molar-refractivity contribution < 1.29 is 23.9 Å². The van der Waals surface area contributed by atoms with Crippen LogP contribution in [0.25, 0.3) is 5.70 Å². The SMILES string of the molecule is CC(C)(C)OC(=O)N1CCN(c2ccc(C3=C4C(=O)c5c(NC(=O)NN6CCOCC6)cccc5C4N=N3)cc2)CC1. The van der Waals surface area contributed by atoms with E-state index in [1.54, 1.807) is 16.0 Å². The molecule has 2 saturated heterocycles. The van der Waals surface area contributed by atoms with Crippen molar-refractivity contribution in [3.05, 3.63) is 64.7 Å². The number of amides is 3. The number of Topliss-reactive ketones (excluding diaryl/α,β-unsaturated/α-hetero) is 1. The van der Waals surface area contributed by atoms with Crippen LogP contribution < -0.4 is 15.6 Å². The average Bonchev–Trinajstić information content (AvgIpc) is 3.53. The van der Waals surface area contributed by atoms with Crippen molar-refractivity contribution in [2.75, 3.05) is 62.7 Å². The van der Waals surface area contributed by atoms with Crippen LogP contribution >= 0.6 is 0 Å². The molecule has 0 bridgehead atoms. The molecule has 220 valence electrons. The number of nitrogens with zero attached hydrogens (tertiary/aromatic N) is 5. The molecule has 2 aromatic rings. The Balaban J connectivity index is 1.14. The lowest BCUT2D eigenvalue weighted by atomic mass is 10.0. The third-order valence-electron chi connectivity index (χ3n) is 7.62. The molecule has 0 radical (unpaired) electrons. The number of piperazine rings is 1. The van der Waals surface area contributed by atoms with Gasteiger partial charge in [0.25, 0.3) is 0 Å². The summed E-state index contributed by atoms with van der Waals surface area (Å²) in [5.41, 5.74) is 6.82. The fourth-order valence-electron chi connectivity index (χ4n) is 5.58. The third-order valence-corrected chi connectivity index (χ3v) is 7.62. The Labute approximate surface area is 244 Å². The predicted octanol–water partition coefficient (Wildman–Crippen LogP) is 4.23. The van der Waals surface area contributed by atoms with E-state index in [0.717, 1.165) is 16.8 Å². The van der Waals surface area contributed by atoms with E-state index in [1.807, 2.05) is 57.2 Å². The molecule has 2 N–H and O–H groups in total. The molecule has 0 saturated carbocycles. The number of nitrogens with one attached hydrogen (secondary N) is 2. The Morgan fingerprint density at radius 3 is 2.38 bits per heavy atom. The maximum atomic E-state index is 13.7. The van der Waals surface area contributed by atoms with Crippen LogP contribution in [0.2, 0.25) is 0 Å². The van der Waals surface area contributed by atoms with Crippen LogP contribution in [0.15, 0.2) is 58.3 Å². The topological polar surface area (TPSA) is 128 Å². The van der Waals surface area contributed by atoms with Gasteiger partial charge in [0.05, 0.1) is 30.0 Å². The number of anilines is 2. The molecule has 6 rings (SSSR count). The number of morpholine rings is 1. The third kappa shape index (κ3) is 5.59. The molecule has 1 unspecified atom stereocenters. The summed E-state index contributed by atoms with van der Waals surface area (Å²) < 4.78 is 10.8. The number of urea groups is 1. The first-order valence-electron chi connectivity index (χ1n) is 14.2. The van der Waals surface area contributed by atoms with E-state index >= 15 is 0 Å². The summed E-state index contributed by atoms with van der Waals surface area (Å²) in [4.78, 5) is 42.8. The lowest BCUT2D eigenvalue weighted by Gasteiger charge is -2.36. The number of carbonyl (C=O) groups is 3. The van der Waals surface area contributed by atoms with Gasteiger partial charge in [0, 0.05) is 50.5 Å². The number of fused-ring (bicyclic) bond motifs is 3. The molecule has 1 atom stereocenters. The summed E-state index contributed by atoms with van der Waals surface area (Å²) in [5.74, 6) is -0.181. The molecule has 0 aromatic heterocycles. The second kappa shape index (κ2) is 11.2. The number of hydrazine groups is 1. The molecule has 42 heavy (non-hydrogen) atoms. The second-order valence-corrected chi connectivity index (χ2v) is 11.6. The van der Waals surface area contributed by atoms with Crippen LogP contribution in [-0.2, 0) is 9.47 Å². The van der Waals surface area contributed by atoms with E-state index < -0.39 is 17.7 Å². The van der Waals surface area contributed by atoms with Crippen molar-refractivity contribution >= 4 is 35.0 Å². The van der Waals surface area contributed by atoms with Gasteiger partial charge < -0.3 is 24.6 Å². The molecule has 2 aromatic carbocycles. The average molecular weight is 574 g/mol. The largest absolute Gasteiger partial charge is 0.444 e. The van der Waals surface area contributed by atoms with Crippen LogP contribution in [0.1, 0.15) is 48.3 Å². The smallest absolute Gasteiger partial charge is 0.410 e. The van der Waals surface area contributed by atoms with Gasteiger partial charge in [-0.05, 0) is 44.5 Å². The fraction of sp³-hybridized carbons (Fsp3) is 0.433. The Morgan fingerprint density at radius 2 is 1.69 bits per heavy atom. The van der Waals surface area contributed by atoms with E-state index in [0.29, 0.717) is 75.0 Å². The Bertz CT molecular complexity index is 1450. The monoisotopic (exact) mass is 573 g/mol.